The third-order valence-electron chi connectivity index (χ3n) is 6.98. The minimum Gasteiger partial charge on any atom is -0.227 e. The summed E-state index contributed by atoms with van der Waals surface area (Å²) in [6, 6.07) is 35.9. The highest BCUT2D eigenvalue weighted by Gasteiger charge is 2.20. The molecular weight excluding hydrogens is 512 g/mol. The van der Waals surface area contributed by atoms with Crippen molar-refractivity contribution in [3.05, 3.63) is 108 Å². The average Bonchev–Trinajstić information content (AvgIpc) is 3.52. The Morgan fingerprint density at radius 1 is 0.568 bits per heavy atom. The second-order valence-electron chi connectivity index (χ2n) is 9.10. The second-order valence-corrected chi connectivity index (χ2v) is 11.6. The van der Waals surface area contributed by atoms with E-state index in [0.29, 0.717) is 0 Å². The number of nitrogens with zero attached hydrogens (tertiary/aromatic N) is 2. The van der Waals surface area contributed by atoms with Crippen molar-refractivity contribution in [2.45, 2.75) is 0 Å². The molecule has 3 heterocycles. The lowest BCUT2D eigenvalue weighted by Crippen LogP contribution is -1.94. The molecule has 174 valence electrons. The first kappa shape index (κ1) is 21.3. The van der Waals surface area contributed by atoms with Crippen molar-refractivity contribution in [2.24, 2.45) is 0 Å². The van der Waals surface area contributed by atoms with Gasteiger partial charge in [-0.05, 0) is 29.0 Å². The highest BCUT2D eigenvalue weighted by Crippen LogP contribution is 2.45. The lowest BCUT2D eigenvalue weighted by Gasteiger charge is -2.11. The zero-order chi connectivity index (χ0) is 24.5. The molecule has 3 aromatic heterocycles. The Labute approximate surface area is 225 Å². The summed E-state index contributed by atoms with van der Waals surface area (Å²) in [4.78, 5) is 11.5. The van der Waals surface area contributed by atoms with Crippen molar-refractivity contribution < 1.29 is 0 Å². The molecule has 5 heteroatoms. The van der Waals surface area contributed by atoms with E-state index in [9.17, 15) is 0 Å². The standard InChI is InChI=1S/C32H17ClN2S2/c33-24-15-8-14-22-27-20-12-5-4-11-19(20)23(17-26(27)36-30(22)24)31-34-29(18-9-2-1-3-10-18)28-21-13-6-7-16-25(21)37-32(28)35-31/h1-17H. The Kier molecular flexibility index (Phi) is 4.65. The summed E-state index contributed by atoms with van der Waals surface area (Å²) < 4.78 is 3.53. The summed E-state index contributed by atoms with van der Waals surface area (Å²) in [6.45, 7) is 0. The van der Waals surface area contributed by atoms with E-state index in [1.807, 2.05) is 18.2 Å². The lowest BCUT2D eigenvalue weighted by molar-refractivity contribution is 1.25. The van der Waals surface area contributed by atoms with Crippen molar-refractivity contribution >= 4 is 85.5 Å². The zero-order valence-corrected chi connectivity index (χ0v) is 21.8. The largest absolute Gasteiger partial charge is 0.227 e. The predicted molar refractivity (Wildman–Crippen MR) is 161 cm³/mol. The van der Waals surface area contributed by atoms with Crippen LogP contribution in [0.3, 0.4) is 0 Å². The second kappa shape index (κ2) is 8.09. The molecule has 0 radical (unpaired) electrons. The summed E-state index contributed by atoms with van der Waals surface area (Å²) in [6.07, 6.45) is 0. The van der Waals surface area contributed by atoms with Gasteiger partial charge in [-0.1, -0.05) is 96.5 Å². The van der Waals surface area contributed by atoms with Gasteiger partial charge in [-0.15, -0.1) is 22.7 Å². The third kappa shape index (κ3) is 3.17. The van der Waals surface area contributed by atoms with Gasteiger partial charge in [-0.25, -0.2) is 9.97 Å². The van der Waals surface area contributed by atoms with Crippen LogP contribution in [0.5, 0.6) is 0 Å². The maximum Gasteiger partial charge on any atom is 0.162 e. The highest BCUT2D eigenvalue weighted by molar-refractivity contribution is 7.26. The maximum absolute atomic E-state index is 6.62. The van der Waals surface area contributed by atoms with Gasteiger partial charge in [0.05, 0.1) is 15.4 Å². The van der Waals surface area contributed by atoms with E-state index in [0.717, 1.165) is 48.0 Å². The Hall–Kier alpha value is -3.83. The van der Waals surface area contributed by atoms with E-state index in [1.54, 1.807) is 22.7 Å². The van der Waals surface area contributed by atoms with Gasteiger partial charge in [0.1, 0.15) is 4.83 Å². The molecule has 0 aliphatic heterocycles. The number of thiophene rings is 2. The monoisotopic (exact) mass is 528 g/mol. The number of aromatic nitrogens is 2. The van der Waals surface area contributed by atoms with E-state index in [1.165, 1.54) is 30.9 Å². The fraction of sp³-hybridized carbons (Fsp3) is 0. The van der Waals surface area contributed by atoms with Gasteiger partial charge < -0.3 is 0 Å². The molecule has 0 spiro atoms. The van der Waals surface area contributed by atoms with Crippen molar-refractivity contribution in [2.75, 3.05) is 0 Å². The Bertz CT molecular complexity index is 2160. The predicted octanol–water partition coefficient (Wildman–Crippen LogP) is 10.4. The summed E-state index contributed by atoms with van der Waals surface area (Å²) >= 11 is 10.1. The molecule has 2 nitrogen and oxygen atoms in total. The van der Waals surface area contributed by atoms with Gasteiger partial charge in [0.2, 0.25) is 0 Å². The Morgan fingerprint density at radius 2 is 1.30 bits per heavy atom. The molecule has 8 rings (SSSR count). The minimum atomic E-state index is 0.750. The van der Waals surface area contributed by atoms with Gasteiger partial charge in [0, 0.05) is 42.1 Å². The van der Waals surface area contributed by atoms with Gasteiger partial charge in [-0.2, -0.15) is 0 Å². The molecule has 0 bridgehead atoms. The summed E-state index contributed by atoms with van der Waals surface area (Å²) in [5.74, 6) is 0.750. The van der Waals surface area contributed by atoms with E-state index in [2.05, 4.69) is 84.9 Å². The third-order valence-corrected chi connectivity index (χ3v) is 9.66. The first-order valence-corrected chi connectivity index (χ1v) is 14.0. The maximum atomic E-state index is 6.62. The highest BCUT2D eigenvalue weighted by atomic mass is 35.5. The quantitative estimate of drug-likeness (QED) is 0.223. The Morgan fingerprint density at radius 3 is 2.16 bits per heavy atom. The van der Waals surface area contributed by atoms with Crippen LogP contribution in [0, 0.1) is 0 Å². The van der Waals surface area contributed by atoms with Crippen molar-refractivity contribution in [1.29, 1.82) is 0 Å². The molecule has 0 amide bonds. The SMILES string of the molecule is Clc1cccc2c1sc1cc(-c3nc(-c4ccccc4)c4c(n3)sc3ccccc34)c3ccccc3c12. The summed E-state index contributed by atoms with van der Waals surface area (Å²) in [5, 5.41) is 7.90. The fourth-order valence-electron chi connectivity index (χ4n) is 5.36. The molecule has 0 fully saturated rings. The van der Waals surface area contributed by atoms with Crippen LogP contribution in [0.1, 0.15) is 0 Å². The van der Waals surface area contributed by atoms with Crippen LogP contribution in [-0.2, 0) is 0 Å². The van der Waals surface area contributed by atoms with Crippen molar-refractivity contribution in [3.63, 3.8) is 0 Å². The molecule has 0 saturated heterocycles. The molecular formula is C32H17ClN2S2. The number of halogens is 1. The molecule has 37 heavy (non-hydrogen) atoms. The normalized spacial score (nSPS) is 11.9. The zero-order valence-electron chi connectivity index (χ0n) is 19.4. The van der Waals surface area contributed by atoms with Crippen LogP contribution < -0.4 is 0 Å². The Balaban J connectivity index is 1.51. The van der Waals surface area contributed by atoms with Crippen LogP contribution >= 0.6 is 34.3 Å². The first-order valence-electron chi connectivity index (χ1n) is 12.0. The van der Waals surface area contributed by atoms with Crippen molar-refractivity contribution in [1.82, 2.24) is 9.97 Å². The summed E-state index contributed by atoms with van der Waals surface area (Å²) in [7, 11) is 0. The number of fused-ring (bicyclic) bond motifs is 8. The van der Waals surface area contributed by atoms with Crippen LogP contribution in [-0.4, -0.2) is 9.97 Å². The molecule has 0 saturated carbocycles. The topological polar surface area (TPSA) is 25.8 Å². The van der Waals surface area contributed by atoms with E-state index in [4.69, 9.17) is 21.6 Å². The minimum absolute atomic E-state index is 0.750. The number of hydrogen-bond acceptors (Lipinski definition) is 4. The van der Waals surface area contributed by atoms with Gasteiger partial charge in [0.25, 0.3) is 0 Å². The average molecular weight is 529 g/mol. The first-order chi connectivity index (χ1) is 18.3. The number of rotatable bonds is 2. The number of hydrogen-bond donors (Lipinski definition) is 0. The fourth-order valence-corrected chi connectivity index (χ4v) is 7.89. The van der Waals surface area contributed by atoms with E-state index < -0.39 is 0 Å². The molecule has 0 unspecified atom stereocenters. The molecule has 0 atom stereocenters. The van der Waals surface area contributed by atoms with E-state index in [-0.39, 0.29) is 0 Å². The van der Waals surface area contributed by atoms with Crippen LogP contribution in [0.2, 0.25) is 5.02 Å². The lowest BCUT2D eigenvalue weighted by atomic mass is 9.98. The summed E-state index contributed by atoms with van der Waals surface area (Å²) in [5.41, 5.74) is 3.11. The molecule has 0 aliphatic rings. The number of benzene rings is 5. The van der Waals surface area contributed by atoms with E-state index >= 15 is 0 Å². The van der Waals surface area contributed by atoms with Gasteiger partial charge in [-0.3, -0.25) is 0 Å². The van der Waals surface area contributed by atoms with Crippen LogP contribution in [0.25, 0.3) is 73.9 Å². The smallest absolute Gasteiger partial charge is 0.162 e. The van der Waals surface area contributed by atoms with Crippen LogP contribution in [0.4, 0.5) is 0 Å². The van der Waals surface area contributed by atoms with Crippen LogP contribution in [0.15, 0.2) is 103 Å². The van der Waals surface area contributed by atoms with Crippen molar-refractivity contribution in [3.8, 4) is 22.6 Å². The molecule has 0 N–H and O–H groups in total. The molecule has 8 aromatic rings. The van der Waals surface area contributed by atoms with Gasteiger partial charge >= 0.3 is 0 Å². The van der Waals surface area contributed by atoms with Gasteiger partial charge in [0.15, 0.2) is 5.82 Å². The molecule has 0 aliphatic carbocycles. The molecule has 5 aromatic carbocycles.